The van der Waals surface area contributed by atoms with Crippen LogP contribution in [0.2, 0.25) is 0 Å². The van der Waals surface area contributed by atoms with Crippen LogP contribution in [0.3, 0.4) is 0 Å². The first-order valence-electron chi connectivity index (χ1n) is 8.24. The van der Waals surface area contributed by atoms with Gasteiger partial charge in [-0.25, -0.2) is 0 Å². The minimum absolute atomic E-state index is 0.0308. The number of allylic oxidation sites excluding steroid dienone is 2. The van der Waals surface area contributed by atoms with E-state index in [1.807, 2.05) is 0 Å². The Labute approximate surface area is 195 Å². The molecule has 124 valence electrons. The predicted molar refractivity (Wildman–Crippen MR) is 114 cm³/mol. The van der Waals surface area contributed by atoms with Gasteiger partial charge < -0.3 is 0 Å². The summed E-state index contributed by atoms with van der Waals surface area (Å²) in [5.74, 6) is 0. The van der Waals surface area contributed by atoms with Crippen LogP contribution in [0.25, 0.3) is 0 Å². The normalized spacial score (nSPS) is 14.6. The molecule has 2 aliphatic rings. The third-order valence-electron chi connectivity index (χ3n) is 3.65. The van der Waals surface area contributed by atoms with E-state index in [0.29, 0.717) is 34.0 Å². The summed E-state index contributed by atoms with van der Waals surface area (Å²) in [7, 11) is 0. The van der Waals surface area contributed by atoms with Crippen molar-refractivity contribution >= 4 is 71.3 Å². The maximum Gasteiger partial charge on any atom is -0.0238 e. The molecule has 0 bridgehead atoms. The Morgan fingerprint density at radius 3 is 1.44 bits per heavy atom. The third kappa shape index (κ3) is 8.79. The largest absolute Gasteiger partial charge is 0.0622 e. The first-order chi connectivity index (χ1) is 12.4. The summed E-state index contributed by atoms with van der Waals surface area (Å²) in [6.07, 6.45) is 7.39. The van der Waals surface area contributed by atoms with Gasteiger partial charge in [0.15, 0.2) is 0 Å². The van der Waals surface area contributed by atoms with Gasteiger partial charge in [-0.3, -0.25) is 0 Å². The van der Waals surface area contributed by atoms with E-state index in [2.05, 4.69) is 83.2 Å². The Balaban J connectivity index is 0.000000150. The van der Waals surface area contributed by atoms with Crippen molar-refractivity contribution < 1.29 is 23.2 Å². The van der Waals surface area contributed by atoms with E-state index in [9.17, 15) is 0 Å². The molecule has 0 aliphatic carbocycles. The van der Waals surface area contributed by atoms with Crippen molar-refractivity contribution in [1.82, 2.24) is 0 Å². The Morgan fingerprint density at radius 1 is 0.640 bits per heavy atom. The molecule has 2 aromatic carbocycles. The van der Waals surface area contributed by atoms with Crippen LogP contribution in [0.5, 0.6) is 0 Å². The van der Waals surface area contributed by atoms with Crippen molar-refractivity contribution in [3.8, 4) is 0 Å². The zero-order chi connectivity index (χ0) is 17.2. The summed E-state index contributed by atoms with van der Waals surface area (Å²) in [5, 5.41) is 0. The van der Waals surface area contributed by atoms with E-state index in [4.69, 9.17) is 0 Å². The second kappa shape index (κ2) is 13.1. The molecule has 2 heterocycles. The molecule has 0 aromatic heterocycles. The number of benzene rings is 2. The average molecular weight is 839 g/mol. The zero-order valence-electron chi connectivity index (χ0n) is 13.9. The molecule has 0 fully saturated rings. The van der Waals surface area contributed by atoms with Crippen molar-refractivity contribution in [3.05, 3.63) is 92.0 Å². The van der Waals surface area contributed by atoms with E-state index in [0.717, 1.165) is 12.8 Å². The maximum atomic E-state index is 2.60. The molecule has 0 amide bonds. The van der Waals surface area contributed by atoms with E-state index in [-0.39, 0.29) is 58.2 Å². The standard InChI is InChI=1S/C14H14.2C3H2.4Sb.Zr.2H/c1-3-7-13(8-4-1)11-12-14-9-5-2-6-10-14;2*1-3-2;;;;;;;/h1-10H,11-12H2;2*1,3H;;;;;;;. The molecule has 0 atom stereocenters. The van der Waals surface area contributed by atoms with Gasteiger partial charge in [0.25, 0.3) is 0 Å². The van der Waals surface area contributed by atoms with Crippen LogP contribution in [-0.2, 0) is 36.1 Å². The maximum absolute atomic E-state index is 2.60. The number of aryl methyl sites for hydroxylation is 2. The van der Waals surface area contributed by atoms with E-state index in [1.54, 1.807) is 0 Å². The second-order valence-corrected chi connectivity index (χ2v) is 40.8. The zero-order valence-corrected chi connectivity index (χ0v) is 27.2. The summed E-state index contributed by atoms with van der Waals surface area (Å²) in [6.45, 7) is 0. The van der Waals surface area contributed by atoms with Gasteiger partial charge in [-0.1, -0.05) is 60.7 Å². The molecule has 0 nitrogen and oxygen atoms in total. The predicted octanol–water partition coefficient (Wildman–Crippen LogP) is 1.97. The summed E-state index contributed by atoms with van der Waals surface area (Å²) >= 11 is 1.09. The van der Waals surface area contributed by atoms with Gasteiger partial charge in [0, 0.05) is 0 Å². The van der Waals surface area contributed by atoms with Gasteiger partial charge in [-0.15, -0.1) is 0 Å². The van der Waals surface area contributed by atoms with Crippen LogP contribution in [0.4, 0.5) is 0 Å². The first-order valence-corrected chi connectivity index (χ1v) is 36.2. The molecule has 4 rings (SSSR count). The van der Waals surface area contributed by atoms with Crippen molar-refractivity contribution in [2.24, 2.45) is 0 Å². The second-order valence-electron chi connectivity index (χ2n) is 5.52. The minimum Gasteiger partial charge on any atom is -0.0622 e. The van der Waals surface area contributed by atoms with Crippen molar-refractivity contribution in [3.63, 3.8) is 0 Å². The smallest absolute Gasteiger partial charge is 0.0238 e. The van der Waals surface area contributed by atoms with Crippen LogP contribution in [0, 0.1) is 0 Å². The molecule has 0 spiro atoms. The Bertz CT molecular complexity index is 712. The van der Waals surface area contributed by atoms with Crippen molar-refractivity contribution in [1.29, 1.82) is 0 Å². The van der Waals surface area contributed by atoms with Gasteiger partial charge in [0.1, 0.15) is 0 Å². The summed E-state index contributed by atoms with van der Waals surface area (Å²) in [4.78, 5) is 0. The Morgan fingerprint density at radius 2 is 1.08 bits per heavy atom. The Kier molecular flexibility index (Phi) is 11.3. The molecule has 0 saturated carbocycles. The molecule has 0 unspecified atom stereocenters. The molecule has 2 aromatic rings. The topological polar surface area (TPSA) is 0 Å². The number of rotatable bonds is 5. The van der Waals surface area contributed by atoms with Crippen molar-refractivity contribution in [2.45, 2.75) is 12.8 Å². The molecule has 0 saturated heterocycles. The summed E-state index contributed by atoms with van der Waals surface area (Å²) in [5.41, 5.74) is 2.83. The quantitative estimate of drug-likeness (QED) is 0.405. The van der Waals surface area contributed by atoms with Crippen molar-refractivity contribution in [2.75, 3.05) is 0 Å². The van der Waals surface area contributed by atoms with Crippen LogP contribution in [-0.4, -0.2) is 71.3 Å². The fourth-order valence-electron chi connectivity index (χ4n) is 2.37. The number of hydrogen-bond acceptors (Lipinski definition) is 0. The molecular weight excluding hydrogens is 818 g/mol. The third-order valence-corrected chi connectivity index (χ3v) is 58.9. The summed E-state index contributed by atoms with van der Waals surface area (Å²) in [6, 6.07) is 21.2. The van der Waals surface area contributed by atoms with Crippen LogP contribution in [0.1, 0.15) is 11.1 Å². The first kappa shape index (κ1) is 21.5. The van der Waals surface area contributed by atoms with Gasteiger partial charge in [-0.05, 0) is 24.0 Å². The molecule has 25 heavy (non-hydrogen) atoms. The van der Waals surface area contributed by atoms with Crippen LogP contribution < -0.4 is 0 Å². The monoisotopic (exact) mass is 834 g/mol. The fourth-order valence-corrected chi connectivity index (χ4v) is 63.7. The summed E-state index contributed by atoms with van der Waals surface area (Å²) < 4.78 is 9.37. The molecular formula is C20H20Sb4Zr. The SMILES string of the molecule is [CH]1=C[C]([Zr][C]2=[Sb][SbH][CH]=C2)=[Sb][SbH]1.c1ccc(CCc2ccccc2)cc1. The van der Waals surface area contributed by atoms with Crippen LogP contribution in [0.15, 0.2) is 80.9 Å². The average Bonchev–Trinajstić information content (AvgIpc) is 3.37. The van der Waals surface area contributed by atoms with Gasteiger partial charge in [0.2, 0.25) is 0 Å². The minimum atomic E-state index is -0.0308. The molecule has 5 heteroatoms. The van der Waals surface area contributed by atoms with Crippen LogP contribution >= 0.6 is 0 Å². The van der Waals surface area contributed by atoms with Gasteiger partial charge in [-0.2, -0.15) is 0 Å². The molecule has 0 N–H and O–H groups in total. The van der Waals surface area contributed by atoms with Gasteiger partial charge >= 0.3 is 115 Å². The van der Waals surface area contributed by atoms with E-state index in [1.165, 1.54) is 11.1 Å². The van der Waals surface area contributed by atoms with E-state index < -0.39 is 0 Å². The van der Waals surface area contributed by atoms with E-state index >= 15 is 0 Å². The molecule has 0 radical (unpaired) electrons. The van der Waals surface area contributed by atoms with Gasteiger partial charge in [0.05, 0.1) is 0 Å². The number of hydrogen-bond donors (Lipinski definition) is 0. The molecule has 2 aliphatic heterocycles. The Hall–Kier alpha value is 1.82. The fraction of sp³-hybridized carbons (Fsp3) is 0.100.